The zero-order chi connectivity index (χ0) is 10.5. The Hall–Kier alpha value is -1.51. The Morgan fingerprint density at radius 1 is 1.40 bits per heavy atom. The van der Waals surface area contributed by atoms with E-state index >= 15 is 0 Å². The number of anilines is 1. The quantitative estimate of drug-likeness (QED) is 0.770. The number of rotatable bonds is 2. The smallest absolute Gasteiger partial charge is 0.314 e. The molecular formula is C12H13NO2. The first-order valence-corrected chi connectivity index (χ1v) is 5.33. The van der Waals surface area contributed by atoms with Gasteiger partial charge in [-0.25, -0.2) is 0 Å². The van der Waals surface area contributed by atoms with E-state index in [1.165, 1.54) is 11.3 Å². The molecule has 2 N–H and O–H groups in total. The van der Waals surface area contributed by atoms with Crippen molar-refractivity contribution in [2.75, 3.05) is 11.9 Å². The molecule has 1 heterocycles. The van der Waals surface area contributed by atoms with Crippen molar-refractivity contribution < 1.29 is 9.90 Å². The summed E-state index contributed by atoms with van der Waals surface area (Å²) >= 11 is 0. The third kappa shape index (κ3) is 1.16. The molecule has 0 amide bonds. The number of carbonyl (C=O) groups is 1. The molecule has 1 saturated carbocycles. The Morgan fingerprint density at radius 2 is 2.20 bits per heavy atom. The second-order valence-electron chi connectivity index (χ2n) is 4.44. The van der Waals surface area contributed by atoms with Crippen LogP contribution in [0.5, 0.6) is 0 Å². The molecule has 3 nitrogen and oxygen atoms in total. The van der Waals surface area contributed by atoms with Gasteiger partial charge in [0.1, 0.15) is 0 Å². The molecule has 1 aliphatic heterocycles. The van der Waals surface area contributed by atoms with Gasteiger partial charge < -0.3 is 10.4 Å². The normalized spacial score (nSPS) is 20.5. The molecule has 15 heavy (non-hydrogen) atoms. The molecular weight excluding hydrogens is 190 g/mol. The minimum atomic E-state index is -0.673. The van der Waals surface area contributed by atoms with E-state index in [0.29, 0.717) is 0 Å². The highest BCUT2D eigenvalue weighted by atomic mass is 16.4. The Balaban J connectivity index is 2.03. The average molecular weight is 203 g/mol. The van der Waals surface area contributed by atoms with E-state index in [4.69, 9.17) is 0 Å². The Morgan fingerprint density at radius 3 is 2.87 bits per heavy atom. The molecule has 1 aliphatic carbocycles. The van der Waals surface area contributed by atoms with Crippen LogP contribution in [0.3, 0.4) is 0 Å². The van der Waals surface area contributed by atoms with E-state index in [2.05, 4.69) is 11.4 Å². The summed E-state index contributed by atoms with van der Waals surface area (Å²) in [6.45, 7) is 0.971. The summed E-state index contributed by atoms with van der Waals surface area (Å²) in [5, 5.41) is 12.5. The highest BCUT2D eigenvalue weighted by molar-refractivity contribution is 5.85. The highest BCUT2D eigenvalue weighted by Crippen LogP contribution is 2.49. The van der Waals surface area contributed by atoms with Crippen molar-refractivity contribution in [1.29, 1.82) is 0 Å². The minimum Gasteiger partial charge on any atom is -0.481 e. The fourth-order valence-corrected chi connectivity index (χ4v) is 2.35. The summed E-state index contributed by atoms with van der Waals surface area (Å²) in [5.41, 5.74) is 2.86. The summed E-state index contributed by atoms with van der Waals surface area (Å²) < 4.78 is 0. The van der Waals surface area contributed by atoms with Crippen LogP contribution in [0.15, 0.2) is 18.2 Å². The van der Waals surface area contributed by atoms with Gasteiger partial charge in [-0.05, 0) is 36.5 Å². The lowest BCUT2D eigenvalue weighted by Crippen LogP contribution is -2.19. The van der Waals surface area contributed by atoms with Gasteiger partial charge in [-0.3, -0.25) is 4.79 Å². The monoisotopic (exact) mass is 203 g/mol. The average Bonchev–Trinajstić information content (AvgIpc) is 2.91. The highest BCUT2D eigenvalue weighted by Gasteiger charge is 2.51. The molecule has 2 aliphatic rings. The lowest BCUT2D eigenvalue weighted by atomic mass is 9.94. The van der Waals surface area contributed by atoms with Gasteiger partial charge in [0.25, 0.3) is 0 Å². The van der Waals surface area contributed by atoms with Crippen LogP contribution in [0.2, 0.25) is 0 Å². The van der Waals surface area contributed by atoms with Crippen molar-refractivity contribution >= 4 is 11.7 Å². The van der Waals surface area contributed by atoms with Crippen LogP contribution >= 0.6 is 0 Å². The van der Waals surface area contributed by atoms with Crippen molar-refractivity contribution in [1.82, 2.24) is 0 Å². The van der Waals surface area contributed by atoms with Crippen molar-refractivity contribution in [2.24, 2.45) is 0 Å². The van der Waals surface area contributed by atoms with E-state index in [-0.39, 0.29) is 0 Å². The van der Waals surface area contributed by atoms with Gasteiger partial charge in [0.2, 0.25) is 0 Å². The topological polar surface area (TPSA) is 49.3 Å². The third-order valence-electron chi connectivity index (χ3n) is 3.53. The summed E-state index contributed by atoms with van der Waals surface area (Å²) in [7, 11) is 0. The number of hydrogen-bond acceptors (Lipinski definition) is 2. The van der Waals surface area contributed by atoms with E-state index in [1.54, 1.807) is 0 Å². The van der Waals surface area contributed by atoms with E-state index in [0.717, 1.165) is 31.4 Å². The molecule has 1 aromatic carbocycles. The molecule has 0 unspecified atom stereocenters. The minimum absolute atomic E-state index is 0.558. The van der Waals surface area contributed by atoms with Crippen LogP contribution in [-0.2, 0) is 16.6 Å². The summed E-state index contributed by atoms with van der Waals surface area (Å²) in [6.07, 6.45) is 2.59. The van der Waals surface area contributed by atoms with Crippen LogP contribution in [0.1, 0.15) is 24.0 Å². The van der Waals surface area contributed by atoms with Gasteiger partial charge in [-0.1, -0.05) is 12.1 Å². The standard InChI is InChI=1S/C12H13NO2/c14-11(15)12(4-5-12)9-1-2-10-8(7-9)3-6-13-10/h1-2,7,13H,3-6H2,(H,14,15). The van der Waals surface area contributed by atoms with Crippen LogP contribution in [0, 0.1) is 0 Å². The van der Waals surface area contributed by atoms with Gasteiger partial charge in [-0.2, -0.15) is 0 Å². The number of benzene rings is 1. The predicted octanol–water partition coefficient (Wildman–Crippen LogP) is 1.77. The SMILES string of the molecule is O=C(O)C1(c2ccc3c(c2)CCN3)CC1. The Kier molecular flexibility index (Phi) is 1.61. The van der Waals surface area contributed by atoms with Crippen molar-refractivity contribution in [3.63, 3.8) is 0 Å². The van der Waals surface area contributed by atoms with Crippen molar-refractivity contribution in [2.45, 2.75) is 24.7 Å². The van der Waals surface area contributed by atoms with E-state index in [9.17, 15) is 9.90 Å². The van der Waals surface area contributed by atoms with Crippen LogP contribution in [0.4, 0.5) is 5.69 Å². The number of aliphatic carboxylic acids is 1. The van der Waals surface area contributed by atoms with Crippen molar-refractivity contribution in [3.05, 3.63) is 29.3 Å². The zero-order valence-corrected chi connectivity index (χ0v) is 8.42. The molecule has 0 radical (unpaired) electrons. The molecule has 0 saturated heterocycles. The maximum Gasteiger partial charge on any atom is 0.314 e. The molecule has 3 heteroatoms. The van der Waals surface area contributed by atoms with Crippen LogP contribution in [0.25, 0.3) is 0 Å². The number of carboxylic acid groups (broad SMARTS) is 1. The second kappa shape index (κ2) is 2.75. The number of fused-ring (bicyclic) bond motifs is 1. The molecule has 0 atom stereocenters. The summed E-state index contributed by atoms with van der Waals surface area (Å²) in [5.74, 6) is -0.673. The third-order valence-corrected chi connectivity index (χ3v) is 3.53. The molecule has 0 bridgehead atoms. The largest absolute Gasteiger partial charge is 0.481 e. The van der Waals surface area contributed by atoms with Gasteiger partial charge in [-0.15, -0.1) is 0 Å². The maximum absolute atomic E-state index is 11.2. The fraction of sp³-hybridized carbons (Fsp3) is 0.417. The molecule has 0 spiro atoms. The molecule has 1 fully saturated rings. The first-order chi connectivity index (χ1) is 7.22. The van der Waals surface area contributed by atoms with Gasteiger partial charge in [0.05, 0.1) is 5.41 Å². The van der Waals surface area contributed by atoms with Gasteiger partial charge >= 0.3 is 5.97 Å². The number of nitrogens with one attached hydrogen (secondary N) is 1. The van der Waals surface area contributed by atoms with Crippen molar-refractivity contribution in [3.8, 4) is 0 Å². The fourth-order valence-electron chi connectivity index (χ4n) is 2.35. The second-order valence-corrected chi connectivity index (χ2v) is 4.44. The lowest BCUT2D eigenvalue weighted by molar-refractivity contribution is -0.140. The summed E-state index contributed by atoms with van der Waals surface area (Å²) in [6, 6.07) is 6.04. The van der Waals surface area contributed by atoms with E-state index < -0.39 is 11.4 Å². The number of carboxylic acids is 1. The molecule has 78 valence electrons. The van der Waals surface area contributed by atoms with Gasteiger partial charge in [0.15, 0.2) is 0 Å². The predicted molar refractivity (Wildman–Crippen MR) is 57.2 cm³/mol. The Labute approximate surface area is 88.1 Å². The number of hydrogen-bond donors (Lipinski definition) is 2. The van der Waals surface area contributed by atoms with Crippen LogP contribution in [-0.4, -0.2) is 17.6 Å². The first kappa shape index (κ1) is 8.77. The molecule has 0 aromatic heterocycles. The molecule has 1 aromatic rings. The van der Waals surface area contributed by atoms with E-state index in [1.807, 2.05) is 12.1 Å². The van der Waals surface area contributed by atoms with Crippen LogP contribution < -0.4 is 5.32 Å². The zero-order valence-electron chi connectivity index (χ0n) is 8.42. The molecule has 3 rings (SSSR count). The van der Waals surface area contributed by atoms with Gasteiger partial charge in [0, 0.05) is 12.2 Å². The maximum atomic E-state index is 11.2. The lowest BCUT2D eigenvalue weighted by Gasteiger charge is -2.11. The first-order valence-electron chi connectivity index (χ1n) is 5.33. The Bertz CT molecular complexity index is 435. The summed E-state index contributed by atoms with van der Waals surface area (Å²) in [4.78, 5) is 11.2.